The number of piperidine rings is 1. The third kappa shape index (κ3) is 3.29. The van der Waals surface area contributed by atoms with Gasteiger partial charge in [-0.2, -0.15) is 0 Å². The number of nitrogens with one attached hydrogen (secondary N) is 1. The Labute approximate surface area is 142 Å². The van der Waals surface area contributed by atoms with Gasteiger partial charge in [-0.1, -0.05) is 12.1 Å². The molecule has 1 heterocycles. The molecule has 3 rings (SSSR count). The van der Waals surface area contributed by atoms with E-state index in [4.69, 9.17) is 0 Å². The molecule has 6 heteroatoms. The van der Waals surface area contributed by atoms with Crippen LogP contribution in [0.2, 0.25) is 0 Å². The van der Waals surface area contributed by atoms with Gasteiger partial charge in [-0.25, -0.2) is 0 Å². The lowest BCUT2D eigenvalue weighted by Gasteiger charge is -2.30. The van der Waals surface area contributed by atoms with Gasteiger partial charge < -0.3 is 10.2 Å². The van der Waals surface area contributed by atoms with E-state index in [0.717, 1.165) is 37.9 Å². The highest BCUT2D eigenvalue weighted by Gasteiger charge is 2.58. The van der Waals surface area contributed by atoms with Crippen LogP contribution in [-0.2, 0) is 11.3 Å². The van der Waals surface area contributed by atoms with E-state index in [1.807, 2.05) is 18.7 Å². The number of carbonyl (C=O) groups is 1. The Balaban J connectivity index is 1.68. The number of carbonyl (C=O) groups excluding carboxylic acids is 1. The number of rotatable bonds is 5. The summed E-state index contributed by atoms with van der Waals surface area (Å²) in [6.45, 7) is 6.59. The number of non-ortho nitro benzene ring substituents is 1. The smallest absolute Gasteiger partial charge is 0.269 e. The minimum atomic E-state index is -0.403. The van der Waals surface area contributed by atoms with E-state index in [9.17, 15) is 14.9 Å². The van der Waals surface area contributed by atoms with Crippen LogP contribution in [0.4, 0.5) is 5.69 Å². The lowest BCUT2D eigenvalue weighted by Crippen LogP contribution is -2.40. The van der Waals surface area contributed by atoms with Gasteiger partial charge in [0.1, 0.15) is 0 Å². The Bertz CT molecular complexity index is 621. The molecule has 2 fully saturated rings. The van der Waals surface area contributed by atoms with Gasteiger partial charge in [-0.15, -0.1) is 0 Å². The van der Waals surface area contributed by atoms with Gasteiger partial charge in [-0.05, 0) is 57.2 Å². The van der Waals surface area contributed by atoms with Gasteiger partial charge in [-0.3, -0.25) is 14.9 Å². The third-order valence-corrected chi connectivity index (χ3v) is 5.49. The molecule has 0 aromatic heterocycles. The van der Waals surface area contributed by atoms with Gasteiger partial charge >= 0.3 is 0 Å². The van der Waals surface area contributed by atoms with Crippen molar-refractivity contribution in [1.82, 2.24) is 10.2 Å². The fourth-order valence-corrected chi connectivity index (χ4v) is 3.81. The number of amides is 1. The van der Waals surface area contributed by atoms with E-state index in [2.05, 4.69) is 5.32 Å². The fraction of sp³-hybridized carbons (Fsp3) is 0.611. The predicted octanol–water partition coefficient (Wildman–Crippen LogP) is 2.72. The predicted molar refractivity (Wildman–Crippen MR) is 91.4 cm³/mol. The van der Waals surface area contributed by atoms with Crippen LogP contribution >= 0.6 is 0 Å². The molecule has 1 aromatic carbocycles. The van der Waals surface area contributed by atoms with Gasteiger partial charge in [0.25, 0.3) is 5.69 Å². The van der Waals surface area contributed by atoms with Crippen molar-refractivity contribution in [3.05, 3.63) is 39.9 Å². The number of benzene rings is 1. The first-order valence-corrected chi connectivity index (χ1v) is 8.67. The van der Waals surface area contributed by atoms with Gasteiger partial charge in [0.05, 0.1) is 4.92 Å². The highest BCUT2D eigenvalue weighted by molar-refractivity contribution is 5.83. The molecule has 1 aliphatic carbocycles. The van der Waals surface area contributed by atoms with E-state index in [1.165, 1.54) is 12.1 Å². The Kier molecular flexibility index (Phi) is 4.58. The zero-order valence-electron chi connectivity index (χ0n) is 14.3. The molecule has 1 aromatic rings. The van der Waals surface area contributed by atoms with Crippen molar-refractivity contribution in [3.8, 4) is 0 Å². The average molecular weight is 331 g/mol. The molecule has 1 spiro atoms. The minimum Gasteiger partial charge on any atom is -0.336 e. The molecule has 1 saturated heterocycles. The van der Waals surface area contributed by atoms with Crippen LogP contribution in [0.1, 0.15) is 38.7 Å². The Morgan fingerprint density at radius 3 is 2.50 bits per heavy atom. The summed E-state index contributed by atoms with van der Waals surface area (Å²) in [7, 11) is 0. The second kappa shape index (κ2) is 6.51. The van der Waals surface area contributed by atoms with E-state index in [-0.39, 0.29) is 29.0 Å². The number of nitro benzene ring substituents is 1. The van der Waals surface area contributed by atoms with Crippen LogP contribution in [0.5, 0.6) is 0 Å². The van der Waals surface area contributed by atoms with Gasteiger partial charge in [0, 0.05) is 30.6 Å². The number of hydrogen-bond acceptors (Lipinski definition) is 4. The Morgan fingerprint density at radius 1 is 1.33 bits per heavy atom. The molecule has 1 N–H and O–H groups in total. The van der Waals surface area contributed by atoms with E-state index < -0.39 is 4.92 Å². The summed E-state index contributed by atoms with van der Waals surface area (Å²) in [4.78, 5) is 25.3. The molecule has 1 atom stereocenters. The van der Waals surface area contributed by atoms with Crippen molar-refractivity contribution in [3.63, 3.8) is 0 Å². The highest BCUT2D eigenvalue weighted by atomic mass is 16.6. The highest BCUT2D eigenvalue weighted by Crippen LogP contribution is 2.59. The molecule has 1 aliphatic heterocycles. The second-order valence-electron chi connectivity index (χ2n) is 7.35. The molecular weight excluding hydrogens is 306 g/mol. The first kappa shape index (κ1) is 16.9. The van der Waals surface area contributed by atoms with Crippen LogP contribution in [0.25, 0.3) is 0 Å². The maximum absolute atomic E-state index is 13.0. The fourth-order valence-electron chi connectivity index (χ4n) is 3.81. The van der Waals surface area contributed by atoms with E-state index >= 15 is 0 Å². The van der Waals surface area contributed by atoms with Crippen LogP contribution in [0, 0.1) is 21.4 Å². The number of nitro groups is 1. The monoisotopic (exact) mass is 331 g/mol. The minimum absolute atomic E-state index is 0.0806. The summed E-state index contributed by atoms with van der Waals surface area (Å²) in [5.41, 5.74) is 1.24. The summed E-state index contributed by atoms with van der Waals surface area (Å²) in [5, 5.41) is 14.1. The van der Waals surface area contributed by atoms with Crippen molar-refractivity contribution >= 4 is 11.6 Å². The summed E-state index contributed by atoms with van der Waals surface area (Å²) in [6.07, 6.45) is 3.19. The summed E-state index contributed by atoms with van der Waals surface area (Å²) in [5.74, 6) is 0.394. The van der Waals surface area contributed by atoms with Gasteiger partial charge in [0.15, 0.2) is 0 Å². The lowest BCUT2D eigenvalue weighted by atomic mass is 9.91. The molecule has 130 valence electrons. The van der Waals surface area contributed by atoms with E-state index in [1.54, 1.807) is 12.1 Å². The average Bonchev–Trinajstić information content (AvgIpc) is 3.25. The summed E-state index contributed by atoms with van der Waals surface area (Å²) < 4.78 is 0. The third-order valence-electron chi connectivity index (χ3n) is 5.49. The van der Waals surface area contributed by atoms with E-state index in [0.29, 0.717) is 6.54 Å². The molecule has 1 unspecified atom stereocenters. The zero-order valence-corrected chi connectivity index (χ0v) is 14.3. The van der Waals surface area contributed by atoms with Crippen molar-refractivity contribution in [2.75, 3.05) is 13.1 Å². The molecule has 0 bridgehead atoms. The number of hydrogen-bond donors (Lipinski definition) is 1. The van der Waals surface area contributed by atoms with Crippen molar-refractivity contribution < 1.29 is 9.72 Å². The van der Waals surface area contributed by atoms with Crippen LogP contribution < -0.4 is 5.32 Å². The Morgan fingerprint density at radius 2 is 1.96 bits per heavy atom. The SMILES string of the molecule is CC(C)N(Cc1ccc([N+](=O)[O-])cc1)C(=O)C1CC12CCNCC2. The van der Waals surface area contributed by atoms with Crippen LogP contribution in [0.15, 0.2) is 24.3 Å². The van der Waals surface area contributed by atoms with Crippen LogP contribution in [-0.4, -0.2) is 34.9 Å². The first-order valence-electron chi connectivity index (χ1n) is 8.67. The first-order chi connectivity index (χ1) is 11.4. The summed E-state index contributed by atoms with van der Waals surface area (Å²) >= 11 is 0. The van der Waals surface area contributed by atoms with Crippen LogP contribution in [0.3, 0.4) is 0 Å². The largest absolute Gasteiger partial charge is 0.336 e. The Hall–Kier alpha value is -1.95. The zero-order chi connectivity index (χ0) is 17.3. The molecule has 24 heavy (non-hydrogen) atoms. The maximum Gasteiger partial charge on any atom is 0.269 e. The molecule has 6 nitrogen and oxygen atoms in total. The molecule has 1 saturated carbocycles. The van der Waals surface area contributed by atoms with Crippen molar-refractivity contribution in [2.45, 2.75) is 45.7 Å². The molecule has 2 aliphatic rings. The lowest BCUT2D eigenvalue weighted by molar-refractivity contribution is -0.384. The standard InChI is InChI=1S/C18H25N3O3/c1-13(2)20(12-14-3-5-15(6-4-14)21(23)24)17(22)16-11-18(16)7-9-19-10-8-18/h3-6,13,16,19H,7-12H2,1-2H3. The van der Waals surface area contributed by atoms with Gasteiger partial charge in [0.2, 0.25) is 5.91 Å². The molecule has 0 radical (unpaired) electrons. The molecule has 1 amide bonds. The topological polar surface area (TPSA) is 75.5 Å². The molecular formula is C18H25N3O3. The summed E-state index contributed by atoms with van der Waals surface area (Å²) in [6, 6.07) is 6.61. The normalized spacial score (nSPS) is 21.7. The second-order valence-corrected chi connectivity index (χ2v) is 7.35. The quantitative estimate of drug-likeness (QED) is 0.665. The van der Waals surface area contributed by atoms with Crippen molar-refractivity contribution in [2.24, 2.45) is 11.3 Å². The number of nitrogens with zero attached hydrogens (tertiary/aromatic N) is 2. The van der Waals surface area contributed by atoms with Crippen molar-refractivity contribution in [1.29, 1.82) is 0 Å². The maximum atomic E-state index is 13.0.